The average molecular weight is 365 g/mol. The van der Waals surface area contributed by atoms with Crippen molar-refractivity contribution >= 4 is 15.9 Å². The summed E-state index contributed by atoms with van der Waals surface area (Å²) in [5.41, 5.74) is 0.501. The van der Waals surface area contributed by atoms with Crippen molar-refractivity contribution in [3.63, 3.8) is 0 Å². The second-order valence-corrected chi connectivity index (χ2v) is 8.71. The lowest BCUT2D eigenvalue weighted by atomic mass is 10.2. The Morgan fingerprint density at radius 1 is 1.12 bits per heavy atom. The number of likely N-dealkylation sites (tertiary alicyclic amines) is 1. The van der Waals surface area contributed by atoms with Crippen LogP contribution in [0, 0.1) is 0 Å². The van der Waals surface area contributed by atoms with Gasteiger partial charge in [0.25, 0.3) is 5.91 Å². The van der Waals surface area contributed by atoms with Crippen LogP contribution in [-0.2, 0) is 10.0 Å². The van der Waals surface area contributed by atoms with E-state index < -0.39 is 10.0 Å². The van der Waals surface area contributed by atoms with E-state index in [1.807, 2.05) is 0 Å². The lowest BCUT2D eigenvalue weighted by Gasteiger charge is -2.22. The lowest BCUT2D eigenvalue weighted by Crippen LogP contribution is -2.40. The molecule has 1 aromatic rings. The van der Waals surface area contributed by atoms with Crippen LogP contribution < -0.4 is 5.32 Å². The molecular formula is C18H27N3O3S. The molecule has 2 aliphatic heterocycles. The normalized spacial score (nSPS) is 22.4. The molecule has 0 aromatic heterocycles. The summed E-state index contributed by atoms with van der Waals surface area (Å²) < 4.78 is 26.5. The van der Waals surface area contributed by atoms with Gasteiger partial charge in [-0.25, -0.2) is 8.42 Å². The highest BCUT2D eigenvalue weighted by molar-refractivity contribution is 7.89. The average Bonchev–Trinajstić information content (AvgIpc) is 3.31. The number of hydrogen-bond donors (Lipinski definition) is 1. The Morgan fingerprint density at radius 2 is 1.80 bits per heavy atom. The van der Waals surface area contributed by atoms with Gasteiger partial charge in [0.05, 0.1) is 4.90 Å². The summed E-state index contributed by atoms with van der Waals surface area (Å²) in [5, 5.41) is 2.98. The SMILES string of the molecule is CCN1CCCC1CNC(=O)c1ccc(S(=O)(=O)N2CCCC2)cc1. The molecule has 2 aliphatic rings. The first kappa shape index (κ1) is 18.4. The molecule has 0 spiro atoms. The fourth-order valence-electron chi connectivity index (χ4n) is 3.71. The number of nitrogens with zero attached hydrogens (tertiary/aromatic N) is 2. The zero-order valence-electron chi connectivity index (χ0n) is 14.8. The molecule has 0 saturated carbocycles. The highest BCUT2D eigenvalue weighted by Crippen LogP contribution is 2.21. The van der Waals surface area contributed by atoms with Gasteiger partial charge in [-0.15, -0.1) is 0 Å². The van der Waals surface area contributed by atoms with Gasteiger partial charge in [-0.1, -0.05) is 6.92 Å². The molecule has 2 fully saturated rings. The highest BCUT2D eigenvalue weighted by atomic mass is 32.2. The number of rotatable bonds is 6. The molecule has 0 bridgehead atoms. The highest BCUT2D eigenvalue weighted by Gasteiger charge is 2.27. The van der Waals surface area contributed by atoms with Crippen molar-refractivity contribution in [3.8, 4) is 0 Å². The second kappa shape index (κ2) is 7.85. The van der Waals surface area contributed by atoms with Crippen LogP contribution in [0.4, 0.5) is 0 Å². The maximum absolute atomic E-state index is 12.5. The molecule has 1 N–H and O–H groups in total. The van der Waals surface area contributed by atoms with Crippen LogP contribution in [0.15, 0.2) is 29.2 Å². The largest absolute Gasteiger partial charge is 0.350 e. The van der Waals surface area contributed by atoms with Gasteiger partial charge < -0.3 is 5.32 Å². The number of carbonyl (C=O) groups excluding carboxylic acids is 1. The summed E-state index contributed by atoms with van der Waals surface area (Å²) in [6.45, 7) is 6.05. The Kier molecular flexibility index (Phi) is 5.76. The minimum absolute atomic E-state index is 0.145. The number of hydrogen-bond acceptors (Lipinski definition) is 4. The van der Waals surface area contributed by atoms with Gasteiger partial charge in [-0.05, 0) is 63.0 Å². The van der Waals surface area contributed by atoms with Crippen LogP contribution in [0.2, 0.25) is 0 Å². The van der Waals surface area contributed by atoms with Crippen molar-refractivity contribution in [1.82, 2.24) is 14.5 Å². The van der Waals surface area contributed by atoms with Crippen molar-refractivity contribution in [2.75, 3.05) is 32.7 Å². The molecule has 1 amide bonds. The van der Waals surface area contributed by atoms with Crippen LogP contribution >= 0.6 is 0 Å². The topological polar surface area (TPSA) is 69.7 Å². The van der Waals surface area contributed by atoms with Gasteiger partial charge in [-0.2, -0.15) is 4.31 Å². The Hall–Kier alpha value is -1.44. The van der Waals surface area contributed by atoms with Crippen molar-refractivity contribution in [2.24, 2.45) is 0 Å². The minimum atomic E-state index is -3.42. The maximum Gasteiger partial charge on any atom is 0.251 e. The molecule has 0 aliphatic carbocycles. The Balaban J connectivity index is 1.61. The summed E-state index contributed by atoms with van der Waals surface area (Å²) in [7, 11) is -3.42. The monoisotopic (exact) mass is 365 g/mol. The zero-order valence-corrected chi connectivity index (χ0v) is 15.6. The molecular weight excluding hydrogens is 338 g/mol. The molecule has 1 unspecified atom stereocenters. The van der Waals surface area contributed by atoms with E-state index in [1.165, 1.54) is 22.9 Å². The Labute approximate surface area is 150 Å². The smallest absolute Gasteiger partial charge is 0.251 e. The van der Waals surface area contributed by atoms with Crippen molar-refractivity contribution in [3.05, 3.63) is 29.8 Å². The van der Waals surface area contributed by atoms with Crippen molar-refractivity contribution < 1.29 is 13.2 Å². The molecule has 1 aromatic carbocycles. The van der Waals surface area contributed by atoms with Gasteiger partial charge in [0.2, 0.25) is 10.0 Å². The van der Waals surface area contributed by atoms with E-state index in [9.17, 15) is 13.2 Å². The van der Waals surface area contributed by atoms with E-state index in [1.54, 1.807) is 12.1 Å². The predicted molar refractivity (Wildman–Crippen MR) is 97.0 cm³/mol. The maximum atomic E-state index is 12.5. The molecule has 0 radical (unpaired) electrons. The van der Waals surface area contributed by atoms with Gasteiger partial charge in [-0.3, -0.25) is 9.69 Å². The lowest BCUT2D eigenvalue weighted by molar-refractivity contribution is 0.0941. The van der Waals surface area contributed by atoms with Crippen LogP contribution in [0.3, 0.4) is 0 Å². The summed E-state index contributed by atoms with van der Waals surface area (Å²) in [6.07, 6.45) is 4.11. The van der Waals surface area contributed by atoms with Crippen LogP contribution in [0.1, 0.15) is 43.0 Å². The van der Waals surface area contributed by atoms with Gasteiger partial charge >= 0.3 is 0 Å². The number of sulfonamides is 1. The number of benzene rings is 1. The molecule has 25 heavy (non-hydrogen) atoms. The first-order valence-electron chi connectivity index (χ1n) is 9.15. The van der Waals surface area contributed by atoms with E-state index in [4.69, 9.17) is 0 Å². The standard InChI is InChI=1S/C18H27N3O3S/c1-2-20-11-5-6-16(20)14-19-18(22)15-7-9-17(10-8-15)25(23,24)21-12-3-4-13-21/h7-10,16H,2-6,11-14H2,1H3,(H,19,22). The molecule has 2 saturated heterocycles. The van der Waals surface area contributed by atoms with Crippen LogP contribution in [0.5, 0.6) is 0 Å². The predicted octanol–water partition coefficient (Wildman–Crippen LogP) is 1.69. The molecule has 138 valence electrons. The fraction of sp³-hybridized carbons (Fsp3) is 0.611. The summed E-state index contributed by atoms with van der Waals surface area (Å²) >= 11 is 0. The van der Waals surface area contributed by atoms with Gasteiger partial charge in [0.15, 0.2) is 0 Å². The van der Waals surface area contributed by atoms with E-state index in [2.05, 4.69) is 17.1 Å². The molecule has 1 atom stereocenters. The second-order valence-electron chi connectivity index (χ2n) is 6.77. The van der Waals surface area contributed by atoms with Gasteiger partial charge in [0, 0.05) is 31.2 Å². The third kappa shape index (κ3) is 4.04. The summed E-state index contributed by atoms with van der Waals surface area (Å²) in [5.74, 6) is -0.145. The Morgan fingerprint density at radius 3 is 2.44 bits per heavy atom. The van der Waals surface area contributed by atoms with Crippen LogP contribution in [-0.4, -0.2) is 62.3 Å². The minimum Gasteiger partial charge on any atom is -0.350 e. The van der Waals surface area contributed by atoms with Crippen molar-refractivity contribution in [1.29, 1.82) is 0 Å². The van der Waals surface area contributed by atoms with E-state index in [-0.39, 0.29) is 10.8 Å². The van der Waals surface area contributed by atoms with Crippen molar-refractivity contribution in [2.45, 2.75) is 43.5 Å². The molecule has 2 heterocycles. The number of likely N-dealkylation sites (N-methyl/N-ethyl adjacent to an activating group) is 1. The quantitative estimate of drug-likeness (QED) is 0.833. The molecule has 6 nitrogen and oxygen atoms in total. The summed E-state index contributed by atoms with van der Waals surface area (Å²) in [4.78, 5) is 15.0. The first-order valence-corrected chi connectivity index (χ1v) is 10.6. The summed E-state index contributed by atoms with van der Waals surface area (Å²) in [6, 6.07) is 6.69. The van der Waals surface area contributed by atoms with E-state index >= 15 is 0 Å². The van der Waals surface area contributed by atoms with E-state index in [0.717, 1.165) is 32.4 Å². The molecule has 3 rings (SSSR count). The third-order valence-corrected chi connectivity index (χ3v) is 7.14. The fourth-order valence-corrected chi connectivity index (χ4v) is 5.23. The zero-order chi connectivity index (χ0) is 17.9. The Bertz CT molecular complexity index is 697. The number of amides is 1. The third-order valence-electron chi connectivity index (χ3n) is 5.22. The van der Waals surface area contributed by atoms with E-state index in [0.29, 0.717) is 31.2 Å². The first-order chi connectivity index (χ1) is 12.0. The number of carbonyl (C=O) groups is 1. The number of nitrogens with one attached hydrogen (secondary N) is 1. The van der Waals surface area contributed by atoms with Gasteiger partial charge in [0.1, 0.15) is 0 Å². The molecule has 7 heteroatoms. The van der Waals surface area contributed by atoms with Crippen LogP contribution in [0.25, 0.3) is 0 Å².